The van der Waals surface area contributed by atoms with Gasteiger partial charge in [-0.25, -0.2) is 0 Å². The fourth-order valence-corrected chi connectivity index (χ4v) is 1.95. The summed E-state index contributed by atoms with van der Waals surface area (Å²) in [7, 11) is 0. The third kappa shape index (κ3) is 2.52. The minimum atomic E-state index is -0.388. The van der Waals surface area contributed by atoms with E-state index in [0.717, 1.165) is 5.75 Å². The zero-order chi connectivity index (χ0) is 9.14. The van der Waals surface area contributed by atoms with Gasteiger partial charge in [-0.1, -0.05) is 13.8 Å². The smallest absolute Gasteiger partial charge is 0.327 e. The average molecular weight is 188 g/mol. The molecule has 0 bridgehead atoms. The zero-order valence-electron chi connectivity index (χ0n) is 7.20. The molecule has 1 rings (SSSR count). The molecule has 68 valence electrons. The number of ether oxygens (including phenoxy) is 1. The molecule has 0 radical (unpaired) electrons. The van der Waals surface area contributed by atoms with Crippen molar-refractivity contribution in [2.75, 3.05) is 5.75 Å². The van der Waals surface area contributed by atoms with E-state index in [1.165, 1.54) is 11.8 Å². The SMILES string of the molecule is CC(C)CSC1CC(=O)OC1=O. The minimum absolute atomic E-state index is 0.246. The van der Waals surface area contributed by atoms with Crippen molar-refractivity contribution in [1.82, 2.24) is 0 Å². The maximum absolute atomic E-state index is 10.9. The first-order chi connectivity index (χ1) is 5.59. The monoisotopic (exact) mass is 188 g/mol. The summed E-state index contributed by atoms with van der Waals surface area (Å²) >= 11 is 1.51. The summed E-state index contributed by atoms with van der Waals surface area (Å²) in [5, 5.41) is -0.250. The van der Waals surface area contributed by atoms with Crippen LogP contribution >= 0.6 is 11.8 Å². The largest absolute Gasteiger partial charge is 0.392 e. The Bertz CT molecular complexity index is 200. The van der Waals surface area contributed by atoms with E-state index in [9.17, 15) is 9.59 Å². The summed E-state index contributed by atoms with van der Waals surface area (Å²) in [6.45, 7) is 4.16. The van der Waals surface area contributed by atoms with E-state index in [4.69, 9.17) is 0 Å². The van der Waals surface area contributed by atoms with Crippen LogP contribution in [0.15, 0.2) is 0 Å². The second kappa shape index (κ2) is 3.94. The Morgan fingerprint density at radius 1 is 1.58 bits per heavy atom. The molecule has 1 heterocycles. The molecular formula is C8H12O3S. The summed E-state index contributed by atoms with van der Waals surface area (Å²) in [6.07, 6.45) is 0.246. The van der Waals surface area contributed by atoms with E-state index in [-0.39, 0.29) is 23.6 Å². The molecule has 0 saturated carbocycles. The van der Waals surface area contributed by atoms with Crippen LogP contribution < -0.4 is 0 Å². The lowest BCUT2D eigenvalue weighted by molar-refractivity contribution is -0.151. The zero-order valence-corrected chi connectivity index (χ0v) is 8.02. The van der Waals surface area contributed by atoms with Gasteiger partial charge in [-0.2, -0.15) is 0 Å². The number of carbonyl (C=O) groups is 2. The van der Waals surface area contributed by atoms with Crippen molar-refractivity contribution >= 4 is 23.7 Å². The lowest BCUT2D eigenvalue weighted by Gasteiger charge is -2.05. The van der Waals surface area contributed by atoms with Gasteiger partial charge in [-0.05, 0) is 11.7 Å². The van der Waals surface area contributed by atoms with Crippen LogP contribution in [0.5, 0.6) is 0 Å². The third-order valence-electron chi connectivity index (χ3n) is 1.46. The van der Waals surface area contributed by atoms with Gasteiger partial charge in [0, 0.05) is 0 Å². The molecule has 1 fully saturated rings. The van der Waals surface area contributed by atoms with E-state index in [1.54, 1.807) is 0 Å². The van der Waals surface area contributed by atoms with Crippen molar-refractivity contribution in [1.29, 1.82) is 0 Å². The van der Waals surface area contributed by atoms with Crippen LogP contribution in [0.1, 0.15) is 20.3 Å². The van der Waals surface area contributed by atoms with Crippen LogP contribution in [-0.4, -0.2) is 22.9 Å². The second-order valence-electron chi connectivity index (χ2n) is 3.21. The molecule has 12 heavy (non-hydrogen) atoms. The Morgan fingerprint density at radius 3 is 2.67 bits per heavy atom. The first kappa shape index (κ1) is 9.58. The average Bonchev–Trinajstić information content (AvgIpc) is 2.26. The van der Waals surface area contributed by atoms with Crippen LogP contribution in [-0.2, 0) is 14.3 Å². The molecule has 1 atom stereocenters. The van der Waals surface area contributed by atoms with E-state index in [1.807, 2.05) is 0 Å². The molecule has 1 unspecified atom stereocenters. The van der Waals surface area contributed by atoms with Crippen LogP contribution in [0.4, 0.5) is 0 Å². The minimum Gasteiger partial charge on any atom is -0.392 e. The molecule has 0 aromatic rings. The lowest BCUT2D eigenvalue weighted by atomic mass is 10.3. The van der Waals surface area contributed by atoms with E-state index in [2.05, 4.69) is 18.6 Å². The summed E-state index contributed by atoms with van der Waals surface area (Å²) in [4.78, 5) is 21.6. The molecule has 0 aromatic carbocycles. The van der Waals surface area contributed by atoms with Crippen LogP contribution in [0.2, 0.25) is 0 Å². The van der Waals surface area contributed by atoms with Gasteiger partial charge in [0.15, 0.2) is 0 Å². The predicted octanol–water partition coefficient (Wildman–Crippen LogP) is 1.22. The fraction of sp³-hybridized carbons (Fsp3) is 0.750. The topological polar surface area (TPSA) is 43.4 Å². The van der Waals surface area contributed by atoms with Gasteiger partial charge in [-0.15, -0.1) is 11.8 Å². The Morgan fingerprint density at radius 2 is 2.25 bits per heavy atom. The molecule has 0 amide bonds. The Kier molecular flexibility index (Phi) is 3.14. The van der Waals surface area contributed by atoms with Gasteiger partial charge in [0.05, 0.1) is 6.42 Å². The summed E-state index contributed by atoms with van der Waals surface area (Å²) < 4.78 is 4.41. The first-order valence-electron chi connectivity index (χ1n) is 3.95. The van der Waals surface area contributed by atoms with E-state index >= 15 is 0 Å². The summed E-state index contributed by atoms with van der Waals surface area (Å²) in [5.41, 5.74) is 0. The van der Waals surface area contributed by atoms with Gasteiger partial charge in [0.1, 0.15) is 5.25 Å². The predicted molar refractivity (Wildman–Crippen MR) is 46.8 cm³/mol. The molecule has 0 N–H and O–H groups in total. The number of carbonyl (C=O) groups excluding carboxylic acids is 2. The fourth-order valence-electron chi connectivity index (χ4n) is 0.890. The number of cyclic esters (lactones) is 2. The van der Waals surface area contributed by atoms with Crippen LogP contribution in [0.25, 0.3) is 0 Å². The molecule has 0 aromatic heterocycles. The van der Waals surface area contributed by atoms with Crippen molar-refractivity contribution < 1.29 is 14.3 Å². The van der Waals surface area contributed by atoms with Crippen molar-refractivity contribution in [2.45, 2.75) is 25.5 Å². The summed E-state index contributed by atoms with van der Waals surface area (Å²) in [5.74, 6) is 0.679. The molecule has 0 aliphatic carbocycles. The number of rotatable bonds is 3. The number of esters is 2. The first-order valence-corrected chi connectivity index (χ1v) is 5.00. The molecule has 4 heteroatoms. The highest BCUT2D eigenvalue weighted by molar-refractivity contribution is 8.00. The maximum atomic E-state index is 10.9. The highest BCUT2D eigenvalue weighted by atomic mass is 32.2. The van der Waals surface area contributed by atoms with Crippen molar-refractivity contribution in [2.24, 2.45) is 5.92 Å². The van der Waals surface area contributed by atoms with Crippen molar-refractivity contribution in [3.8, 4) is 0 Å². The second-order valence-corrected chi connectivity index (χ2v) is 4.45. The van der Waals surface area contributed by atoms with Crippen molar-refractivity contribution in [3.05, 3.63) is 0 Å². The molecule has 1 aliphatic rings. The number of thioether (sulfide) groups is 1. The molecule has 1 aliphatic heterocycles. The van der Waals surface area contributed by atoms with Gasteiger partial charge in [0.2, 0.25) is 0 Å². The highest BCUT2D eigenvalue weighted by Gasteiger charge is 2.33. The quantitative estimate of drug-likeness (QED) is 0.493. The van der Waals surface area contributed by atoms with Gasteiger partial charge in [0.25, 0.3) is 0 Å². The Hall–Kier alpha value is -0.510. The highest BCUT2D eigenvalue weighted by Crippen LogP contribution is 2.24. The Balaban J connectivity index is 2.33. The molecule has 0 spiro atoms. The summed E-state index contributed by atoms with van der Waals surface area (Å²) in [6, 6.07) is 0. The number of hydrogen-bond donors (Lipinski definition) is 0. The normalized spacial score (nSPS) is 23.4. The standard InChI is InChI=1S/C8H12O3S/c1-5(2)4-12-6-3-7(9)11-8(6)10/h5-6H,3-4H2,1-2H3. The Labute approximate surface area is 75.8 Å². The maximum Gasteiger partial charge on any atom is 0.327 e. The van der Waals surface area contributed by atoms with Gasteiger partial charge in [-0.3, -0.25) is 9.59 Å². The molecule has 3 nitrogen and oxygen atoms in total. The number of hydrogen-bond acceptors (Lipinski definition) is 4. The van der Waals surface area contributed by atoms with Gasteiger partial charge >= 0.3 is 11.9 Å². The molecular weight excluding hydrogens is 176 g/mol. The van der Waals surface area contributed by atoms with Gasteiger partial charge < -0.3 is 4.74 Å². The van der Waals surface area contributed by atoms with Crippen LogP contribution in [0.3, 0.4) is 0 Å². The molecule has 1 saturated heterocycles. The lowest BCUT2D eigenvalue weighted by Crippen LogP contribution is -2.11. The van der Waals surface area contributed by atoms with Crippen molar-refractivity contribution in [3.63, 3.8) is 0 Å². The third-order valence-corrected chi connectivity index (χ3v) is 3.08. The van der Waals surface area contributed by atoms with E-state index in [0.29, 0.717) is 5.92 Å². The van der Waals surface area contributed by atoms with E-state index < -0.39 is 0 Å². The van der Waals surface area contributed by atoms with Crippen LogP contribution in [0, 0.1) is 5.92 Å².